The van der Waals surface area contributed by atoms with Crippen molar-refractivity contribution in [1.82, 2.24) is 0 Å². The highest BCUT2D eigenvalue weighted by Gasteiger charge is 2.24. The van der Waals surface area contributed by atoms with Gasteiger partial charge < -0.3 is 14.2 Å². The van der Waals surface area contributed by atoms with Crippen LogP contribution in [0.4, 0.5) is 4.39 Å². The van der Waals surface area contributed by atoms with Crippen LogP contribution in [0, 0.1) is 5.82 Å². The largest absolute Gasteiger partial charge is 0.493 e. The molecule has 4 rings (SSSR count). The SMILES string of the molecule is COc1cc(/C=C2\N=C(c3ccc(F)cc3)OC2=O)ccc1OCc1ccc(Cl)cc1. The van der Waals surface area contributed by atoms with Crippen LogP contribution in [-0.4, -0.2) is 19.0 Å². The molecule has 0 unspecified atom stereocenters. The van der Waals surface area contributed by atoms with E-state index in [1.165, 1.54) is 31.4 Å². The molecule has 1 heterocycles. The molecule has 3 aromatic carbocycles. The molecule has 0 aliphatic carbocycles. The third-order valence-corrected chi connectivity index (χ3v) is 4.76. The second kappa shape index (κ2) is 9.02. The molecule has 0 spiro atoms. The number of hydrogen-bond acceptors (Lipinski definition) is 5. The van der Waals surface area contributed by atoms with E-state index in [-0.39, 0.29) is 17.4 Å². The molecule has 0 aromatic heterocycles. The minimum Gasteiger partial charge on any atom is -0.493 e. The Balaban J connectivity index is 1.52. The second-order valence-corrected chi connectivity index (χ2v) is 7.10. The maximum atomic E-state index is 13.1. The molecule has 5 nitrogen and oxygen atoms in total. The molecule has 1 aliphatic heterocycles. The van der Waals surface area contributed by atoms with Gasteiger partial charge >= 0.3 is 5.97 Å². The summed E-state index contributed by atoms with van der Waals surface area (Å²) in [5.41, 5.74) is 2.30. The van der Waals surface area contributed by atoms with Crippen molar-refractivity contribution in [2.24, 2.45) is 4.99 Å². The predicted octanol–water partition coefficient (Wildman–Crippen LogP) is 5.41. The number of cyclic esters (lactones) is 1. The van der Waals surface area contributed by atoms with Crippen LogP contribution >= 0.6 is 11.6 Å². The molecule has 0 bridgehead atoms. The van der Waals surface area contributed by atoms with Gasteiger partial charge in [-0.15, -0.1) is 0 Å². The molecule has 0 saturated heterocycles. The van der Waals surface area contributed by atoms with Crippen molar-refractivity contribution in [1.29, 1.82) is 0 Å². The van der Waals surface area contributed by atoms with Gasteiger partial charge in [-0.3, -0.25) is 0 Å². The Labute approximate surface area is 183 Å². The normalized spacial score (nSPS) is 14.4. The van der Waals surface area contributed by atoms with Crippen LogP contribution in [0.5, 0.6) is 11.5 Å². The molecule has 3 aromatic rings. The maximum Gasteiger partial charge on any atom is 0.363 e. The van der Waals surface area contributed by atoms with E-state index in [1.807, 2.05) is 12.1 Å². The number of aliphatic imine (C=N–C) groups is 1. The van der Waals surface area contributed by atoms with E-state index in [0.717, 1.165) is 5.56 Å². The standard InChI is InChI=1S/C24H17ClFNO4/c1-29-22-13-16(4-11-21(22)30-14-15-2-7-18(25)8-3-15)12-20-24(28)31-23(27-20)17-5-9-19(26)10-6-17/h2-13H,14H2,1H3/b20-12-. The monoisotopic (exact) mass is 437 g/mol. The number of benzene rings is 3. The molecule has 1 aliphatic rings. The summed E-state index contributed by atoms with van der Waals surface area (Å²) in [5.74, 6) is 0.240. The lowest BCUT2D eigenvalue weighted by atomic mass is 10.1. The molecular weight excluding hydrogens is 421 g/mol. The minimum absolute atomic E-state index is 0.131. The number of hydrogen-bond donors (Lipinski definition) is 0. The molecule has 0 N–H and O–H groups in total. The fourth-order valence-corrected chi connectivity index (χ4v) is 3.04. The molecule has 0 amide bonds. The van der Waals surface area contributed by atoms with Gasteiger partial charge in [0.15, 0.2) is 17.2 Å². The van der Waals surface area contributed by atoms with Crippen molar-refractivity contribution in [3.63, 3.8) is 0 Å². The van der Waals surface area contributed by atoms with Crippen molar-refractivity contribution >= 4 is 29.5 Å². The zero-order valence-corrected chi connectivity index (χ0v) is 17.2. The Hall–Kier alpha value is -3.64. The number of ether oxygens (including phenoxy) is 3. The summed E-state index contributed by atoms with van der Waals surface area (Å²) in [7, 11) is 1.54. The first-order valence-corrected chi connectivity index (χ1v) is 9.73. The average molecular weight is 438 g/mol. The maximum absolute atomic E-state index is 13.1. The summed E-state index contributed by atoms with van der Waals surface area (Å²) in [6.07, 6.45) is 1.59. The summed E-state index contributed by atoms with van der Waals surface area (Å²) in [6.45, 7) is 0.353. The highest BCUT2D eigenvalue weighted by molar-refractivity contribution is 6.30. The molecular formula is C24H17ClFNO4. The van der Waals surface area contributed by atoms with Crippen LogP contribution in [0.15, 0.2) is 77.4 Å². The predicted molar refractivity (Wildman–Crippen MR) is 116 cm³/mol. The second-order valence-electron chi connectivity index (χ2n) is 6.67. The van der Waals surface area contributed by atoms with E-state index >= 15 is 0 Å². The lowest BCUT2D eigenvalue weighted by Crippen LogP contribution is -2.05. The zero-order chi connectivity index (χ0) is 21.8. The van der Waals surface area contributed by atoms with Crippen LogP contribution in [0.25, 0.3) is 6.08 Å². The van der Waals surface area contributed by atoms with Crippen molar-refractivity contribution < 1.29 is 23.4 Å². The Morgan fingerprint density at radius 2 is 1.77 bits per heavy atom. The van der Waals surface area contributed by atoms with E-state index in [0.29, 0.717) is 34.3 Å². The molecule has 7 heteroatoms. The van der Waals surface area contributed by atoms with Crippen molar-refractivity contribution in [3.05, 3.63) is 100.0 Å². The van der Waals surface area contributed by atoms with E-state index in [4.69, 9.17) is 25.8 Å². The Bertz CT molecular complexity index is 1170. The molecule has 0 radical (unpaired) electrons. The summed E-state index contributed by atoms with van der Waals surface area (Å²) in [6, 6.07) is 18.2. The first-order chi connectivity index (χ1) is 15.0. The highest BCUT2D eigenvalue weighted by atomic mass is 35.5. The van der Waals surface area contributed by atoms with Crippen LogP contribution in [0.3, 0.4) is 0 Å². The van der Waals surface area contributed by atoms with E-state index in [9.17, 15) is 9.18 Å². The van der Waals surface area contributed by atoms with Gasteiger partial charge in [-0.05, 0) is 65.7 Å². The quantitative estimate of drug-likeness (QED) is 0.382. The van der Waals surface area contributed by atoms with Crippen molar-refractivity contribution in [2.75, 3.05) is 7.11 Å². The number of carbonyl (C=O) groups is 1. The van der Waals surface area contributed by atoms with Gasteiger partial charge in [0.05, 0.1) is 7.11 Å². The number of rotatable bonds is 6. The summed E-state index contributed by atoms with van der Waals surface area (Å²) in [4.78, 5) is 16.4. The van der Waals surface area contributed by atoms with Gasteiger partial charge in [0.25, 0.3) is 0 Å². The fraction of sp³-hybridized carbons (Fsp3) is 0.0833. The van der Waals surface area contributed by atoms with Crippen LogP contribution in [-0.2, 0) is 16.1 Å². The van der Waals surface area contributed by atoms with Crippen molar-refractivity contribution in [3.8, 4) is 11.5 Å². The number of esters is 1. The van der Waals surface area contributed by atoms with E-state index < -0.39 is 5.97 Å². The molecule has 0 saturated carbocycles. The van der Waals surface area contributed by atoms with Gasteiger partial charge in [-0.2, -0.15) is 0 Å². The van der Waals surface area contributed by atoms with Gasteiger partial charge in [-0.1, -0.05) is 29.8 Å². The fourth-order valence-electron chi connectivity index (χ4n) is 2.92. The third kappa shape index (κ3) is 4.92. The van der Waals surface area contributed by atoms with Gasteiger partial charge in [0.1, 0.15) is 12.4 Å². The van der Waals surface area contributed by atoms with Crippen molar-refractivity contribution in [2.45, 2.75) is 6.61 Å². The minimum atomic E-state index is -0.582. The van der Waals surface area contributed by atoms with Gasteiger partial charge in [-0.25, -0.2) is 14.2 Å². The number of methoxy groups -OCH3 is 1. The van der Waals surface area contributed by atoms with Gasteiger partial charge in [0, 0.05) is 10.6 Å². The molecule has 0 atom stereocenters. The van der Waals surface area contributed by atoms with Crippen LogP contribution in [0.2, 0.25) is 5.02 Å². The molecule has 31 heavy (non-hydrogen) atoms. The molecule has 156 valence electrons. The number of carbonyl (C=O) groups excluding carboxylic acids is 1. The first-order valence-electron chi connectivity index (χ1n) is 9.35. The number of halogens is 2. The Kier molecular flexibility index (Phi) is 6.00. The Morgan fingerprint density at radius 1 is 1.03 bits per heavy atom. The Morgan fingerprint density at radius 3 is 2.48 bits per heavy atom. The summed E-state index contributed by atoms with van der Waals surface area (Å²) >= 11 is 5.90. The highest BCUT2D eigenvalue weighted by Crippen LogP contribution is 2.30. The van der Waals surface area contributed by atoms with E-state index in [2.05, 4.69) is 4.99 Å². The van der Waals surface area contributed by atoms with E-state index in [1.54, 1.807) is 36.4 Å². The smallest absolute Gasteiger partial charge is 0.363 e. The number of nitrogens with zero attached hydrogens (tertiary/aromatic N) is 1. The van der Waals surface area contributed by atoms with Gasteiger partial charge in [0.2, 0.25) is 5.90 Å². The third-order valence-electron chi connectivity index (χ3n) is 4.51. The first kappa shape index (κ1) is 20.6. The van der Waals surface area contributed by atoms with Crippen LogP contribution < -0.4 is 9.47 Å². The topological polar surface area (TPSA) is 57.1 Å². The summed E-state index contributed by atoms with van der Waals surface area (Å²) in [5, 5.41) is 0.661. The van der Waals surface area contributed by atoms with Crippen LogP contribution in [0.1, 0.15) is 16.7 Å². The lowest BCUT2D eigenvalue weighted by molar-refractivity contribution is -0.129. The summed E-state index contributed by atoms with van der Waals surface area (Å²) < 4.78 is 29.6. The molecule has 0 fully saturated rings. The average Bonchev–Trinajstić information content (AvgIpc) is 3.14. The lowest BCUT2D eigenvalue weighted by Gasteiger charge is -2.11. The zero-order valence-electron chi connectivity index (χ0n) is 16.5.